The van der Waals surface area contributed by atoms with Gasteiger partial charge in [0.2, 0.25) is 0 Å². The molecule has 96 valence electrons. The standard InChI is InChI=1S/C13H24N4/c1-13(2,3)10(8-14-11-5-6-11)7-12-15-9-16-17(12)4/h9-11,14H,5-8H2,1-4H3. The highest BCUT2D eigenvalue weighted by atomic mass is 15.3. The first-order valence-corrected chi connectivity index (χ1v) is 6.53. The van der Waals surface area contributed by atoms with E-state index in [4.69, 9.17) is 0 Å². The van der Waals surface area contributed by atoms with Crippen LogP contribution in [0.15, 0.2) is 6.33 Å². The third-order valence-corrected chi connectivity index (χ3v) is 3.69. The molecule has 0 aliphatic heterocycles. The van der Waals surface area contributed by atoms with Crippen LogP contribution in [-0.4, -0.2) is 27.4 Å². The summed E-state index contributed by atoms with van der Waals surface area (Å²) in [5, 5.41) is 7.78. The zero-order valence-electron chi connectivity index (χ0n) is 11.4. The highest BCUT2D eigenvalue weighted by molar-refractivity contribution is 4.92. The van der Waals surface area contributed by atoms with Crippen LogP contribution in [0.3, 0.4) is 0 Å². The molecule has 4 nitrogen and oxygen atoms in total. The second-order valence-electron chi connectivity index (χ2n) is 6.25. The number of nitrogens with zero attached hydrogens (tertiary/aromatic N) is 3. The van der Waals surface area contributed by atoms with E-state index in [0.29, 0.717) is 11.3 Å². The molecule has 2 rings (SSSR count). The Hall–Kier alpha value is -0.900. The van der Waals surface area contributed by atoms with Crippen molar-refractivity contribution in [3.05, 3.63) is 12.2 Å². The third kappa shape index (κ3) is 3.53. The average molecular weight is 236 g/mol. The van der Waals surface area contributed by atoms with Crippen molar-refractivity contribution >= 4 is 0 Å². The van der Waals surface area contributed by atoms with Gasteiger partial charge in [-0.05, 0) is 30.7 Å². The fourth-order valence-electron chi connectivity index (χ4n) is 2.01. The molecule has 1 unspecified atom stereocenters. The second-order valence-corrected chi connectivity index (χ2v) is 6.25. The highest BCUT2D eigenvalue weighted by Gasteiger charge is 2.29. The molecule has 17 heavy (non-hydrogen) atoms. The summed E-state index contributed by atoms with van der Waals surface area (Å²) in [5.41, 5.74) is 0.299. The van der Waals surface area contributed by atoms with Gasteiger partial charge in [-0.15, -0.1) is 0 Å². The van der Waals surface area contributed by atoms with Crippen molar-refractivity contribution < 1.29 is 0 Å². The summed E-state index contributed by atoms with van der Waals surface area (Å²) in [7, 11) is 1.97. The summed E-state index contributed by atoms with van der Waals surface area (Å²) in [6, 6.07) is 0.777. The molecule has 0 spiro atoms. The maximum Gasteiger partial charge on any atom is 0.138 e. The molecular weight excluding hydrogens is 212 g/mol. The van der Waals surface area contributed by atoms with Crippen LogP contribution in [0.5, 0.6) is 0 Å². The lowest BCUT2D eigenvalue weighted by Gasteiger charge is -2.30. The van der Waals surface area contributed by atoms with Gasteiger partial charge in [-0.2, -0.15) is 5.10 Å². The number of aromatic nitrogens is 3. The van der Waals surface area contributed by atoms with E-state index in [1.807, 2.05) is 11.7 Å². The molecule has 0 aromatic carbocycles. The minimum atomic E-state index is 0.299. The summed E-state index contributed by atoms with van der Waals surface area (Å²) < 4.78 is 1.88. The highest BCUT2D eigenvalue weighted by Crippen LogP contribution is 2.29. The fourth-order valence-corrected chi connectivity index (χ4v) is 2.01. The lowest BCUT2D eigenvalue weighted by molar-refractivity contribution is 0.225. The van der Waals surface area contributed by atoms with Gasteiger partial charge in [-0.1, -0.05) is 20.8 Å². The van der Waals surface area contributed by atoms with E-state index in [2.05, 4.69) is 36.2 Å². The Morgan fingerprint density at radius 2 is 2.18 bits per heavy atom. The van der Waals surface area contributed by atoms with Gasteiger partial charge in [0.05, 0.1) is 0 Å². The van der Waals surface area contributed by atoms with E-state index >= 15 is 0 Å². The third-order valence-electron chi connectivity index (χ3n) is 3.69. The lowest BCUT2D eigenvalue weighted by Crippen LogP contribution is -2.35. The molecule has 0 amide bonds. The van der Waals surface area contributed by atoms with Crippen LogP contribution < -0.4 is 5.32 Å². The number of rotatable bonds is 5. The van der Waals surface area contributed by atoms with Gasteiger partial charge in [0.1, 0.15) is 12.2 Å². The van der Waals surface area contributed by atoms with Gasteiger partial charge in [0.25, 0.3) is 0 Å². The van der Waals surface area contributed by atoms with Gasteiger partial charge >= 0.3 is 0 Å². The van der Waals surface area contributed by atoms with Crippen molar-refractivity contribution in [2.45, 2.75) is 46.1 Å². The van der Waals surface area contributed by atoms with Gasteiger partial charge in [-0.25, -0.2) is 4.98 Å². The molecule has 1 aliphatic carbocycles. The quantitative estimate of drug-likeness (QED) is 0.847. The van der Waals surface area contributed by atoms with Crippen LogP contribution in [0.4, 0.5) is 0 Å². The van der Waals surface area contributed by atoms with Crippen molar-refractivity contribution in [1.82, 2.24) is 20.1 Å². The Morgan fingerprint density at radius 1 is 1.47 bits per heavy atom. The number of aryl methyl sites for hydroxylation is 1. The molecule has 1 aromatic rings. The van der Waals surface area contributed by atoms with Gasteiger partial charge < -0.3 is 5.32 Å². The Balaban J connectivity index is 1.96. The first kappa shape index (κ1) is 12.6. The van der Waals surface area contributed by atoms with Crippen molar-refractivity contribution in [1.29, 1.82) is 0 Å². The summed E-state index contributed by atoms with van der Waals surface area (Å²) in [4.78, 5) is 4.34. The predicted molar refractivity (Wildman–Crippen MR) is 68.7 cm³/mol. The maximum atomic E-state index is 4.34. The maximum absolute atomic E-state index is 4.34. The Morgan fingerprint density at radius 3 is 2.65 bits per heavy atom. The van der Waals surface area contributed by atoms with Crippen LogP contribution in [0, 0.1) is 11.3 Å². The van der Waals surface area contributed by atoms with E-state index in [0.717, 1.165) is 24.8 Å². The molecule has 0 radical (unpaired) electrons. The second kappa shape index (κ2) is 4.77. The number of hydrogen-bond acceptors (Lipinski definition) is 3. The average Bonchev–Trinajstić information content (AvgIpc) is 2.96. The van der Waals surface area contributed by atoms with Gasteiger partial charge in [0.15, 0.2) is 0 Å². The van der Waals surface area contributed by atoms with Gasteiger partial charge in [0, 0.05) is 19.5 Å². The van der Waals surface area contributed by atoms with E-state index in [9.17, 15) is 0 Å². The van der Waals surface area contributed by atoms with Crippen LogP contribution in [-0.2, 0) is 13.5 Å². The van der Waals surface area contributed by atoms with E-state index in [-0.39, 0.29) is 0 Å². The summed E-state index contributed by atoms with van der Waals surface area (Å²) in [5.74, 6) is 1.69. The summed E-state index contributed by atoms with van der Waals surface area (Å²) in [6.45, 7) is 8.01. The number of nitrogens with one attached hydrogen (secondary N) is 1. The molecule has 4 heteroatoms. The van der Waals surface area contributed by atoms with Crippen molar-refractivity contribution in [3.63, 3.8) is 0 Å². The fraction of sp³-hybridized carbons (Fsp3) is 0.846. The zero-order valence-corrected chi connectivity index (χ0v) is 11.4. The molecule has 1 saturated carbocycles. The van der Waals surface area contributed by atoms with Crippen LogP contribution >= 0.6 is 0 Å². The van der Waals surface area contributed by atoms with Crippen LogP contribution in [0.25, 0.3) is 0 Å². The first-order valence-electron chi connectivity index (χ1n) is 6.53. The minimum Gasteiger partial charge on any atom is -0.314 e. The largest absolute Gasteiger partial charge is 0.314 e. The predicted octanol–water partition coefficient (Wildman–Crippen LogP) is 1.77. The SMILES string of the molecule is Cn1ncnc1CC(CNC1CC1)C(C)(C)C. The first-order chi connectivity index (χ1) is 7.97. The Bertz CT molecular complexity index is 360. The van der Waals surface area contributed by atoms with Crippen LogP contribution in [0.2, 0.25) is 0 Å². The molecular formula is C13H24N4. The summed E-state index contributed by atoms with van der Waals surface area (Å²) in [6.07, 6.45) is 5.34. The summed E-state index contributed by atoms with van der Waals surface area (Å²) >= 11 is 0. The molecule has 0 saturated heterocycles. The molecule has 1 atom stereocenters. The van der Waals surface area contributed by atoms with E-state index < -0.39 is 0 Å². The molecule has 1 heterocycles. The van der Waals surface area contributed by atoms with Gasteiger partial charge in [-0.3, -0.25) is 4.68 Å². The minimum absolute atomic E-state index is 0.299. The Kier molecular flexibility index (Phi) is 3.52. The monoisotopic (exact) mass is 236 g/mol. The van der Waals surface area contributed by atoms with Crippen molar-refractivity contribution in [2.75, 3.05) is 6.54 Å². The van der Waals surface area contributed by atoms with Crippen LogP contribution in [0.1, 0.15) is 39.4 Å². The lowest BCUT2D eigenvalue weighted by atomic mass is 9.78. The molecule has 1 aliphatic rings. The normalized spacial score (nSPS) is 18.4. The smallest absolute Gasteiger partial charge is 0.138 e. The number of hydrogen-bond donors (Lipinski definition) is 1. The molecule has 1 aromatic heterocycles. The molecule has 1 N–H and O–H groups in total. The molecule has 1 fully saturated rings. The Labute approximate surface area is 104 Å². The van der Waals surface area contributed by atoms with Crippen molar-refractivity contribution in [2.24, 2.45) is 18.4 Å². The topological polar surface area (TPSA) is 42.7 Å². The van der Waals surface area contributed by atoms with E-state index in [1.165, 1.54) is 12.8 Å². The van der Waals surface area contributed by atoms with Crippen molar-refractivity contribution in [3.8, 4) is 0 Å². The zero-order chi connectivity index (χ0) is 12.5. The van der Waals surface area contributed by atoms with E-state index in [1.54, 1.807) is 6.33 Å². The molecule has 0 bridgehead atoms.